The molecule has 1 unspecified atom stereocenters. The average Bonchev–Trinajstić information content (AvgIpc) is 3.01. The maximum atomic E-state index is 12.9. The van der Waals surface area contributed by atoms with Gasteiger partial charge in [0.05, 0.1) is 12.2 Å². The van der Waals surface area contributed by atoms with Crippen molar-refractivity contribution < 1.29 is 17.4 Å². The van der Waals surface area contributed by atoms with Crippen LogP contribution in [0.4, 0.5) is 0 Å². The first-order valence-corrected chi connectivity index (χ1v) is 10.6. The van der Waals surface area contributed by atoms with Crippen LogP contribution in [0.3, 0.4) is 0 Å². The Morgan fingerprint density at radius 3 is 2.67 bits per heavy atom. The Morgan fingerprint density at radius 1 is 1.21 bits per heavy atom. The summed E-state index contributed by atoms with van der Waals surface area (Å²) in [4.78, 5) is 12.0. The minimum absolute atomic E-state index is 0.0743. The smallest absolute Gasteiger partial charge is 0.268 e. The second-order valence-corrected chi connectivity index (χ2v) is 9.22. The average molecular weight is 364 g/mol. The van der Waals surface area contributed by atoms with Crippen molar-refractivity contribution in [3.8, 4) is 0 Å². The molecule has 2 aromatic carbocycles. The van der Waals surface area contributed by atoms with E-state index in [0.717, 1.165) is 22.9 Å². The number of ketones is 1. The third-order valence-corrected chi connectivity index (χ3v) is 7.06. The van der Waals surface area contributed by atoms with Crippen LogP contribution in [0, 0.1) is 0 Å². The molecule has 6 heteroatoms. The molecule has 1 saturated heterocycles. The van der Waals surface area contributed by atoms with Gasteiger partial charge in [0, 0.05) is 5.56 Å². The number of carbonyl (C=O) groups excluding carboxylic acids is 1. The van der Waals surface area contributed by atoms with E-state index in [1.54, 1.807) is 13.0 Å². The number of Topliss-reactive ketones (excluding diaryl/α,β-unsaturated/α-hetero) is 1. The molecule has 2 aromatic rings. The second-order valence-electron chi connectivity index (χ2n) is 5.92. The highest BCUT2D eigenvalue weighted by molar-refractivity contribution is 8.01. The molecule has 128 valence electrons. The van der Waals surface area contributed by atoms with E-state index in [1.807, 2.05) is 36.4 Å². The molecule has 3 rings (SSSR count). The lowest BCUT2D eigenvalue weighted by Gasteiger charge is -2.26. The molecule has 0 spiro atoms. The summed E-state index contributed by atoms with van der Waals surface area (Å²) in [6.07, 6.45) is 1.50. The lowest BCUT2D eigenvalue weighted by molar-refractivity contribution is 0.0875. The molecule has 0 N–H and O–H groups in total. The van der Waals surface area contributed by atoms with E-state index in [4.69, 9.17) is 4.18 Å². The zero-order chi connectivity index (χ0) is 17.2. The van der Waals surface area contributed by atoms with Crippen molar-refractivity contribution in [2.45, 2.75) is 31.1 Å². The van der Waals surface area contributed by atoms with Gasteiger partial charge in [0.1, 0.15) is 4.93 Å². The molecular weight excluding hydrogens is 344 g/mol. The third kappa shape index (κ3) is 3.66. The van der Waals surface area contributed by atoms with Gasteiger partial charge in [-0.05, 0) is 36.3 Å². The van der Waals surface area contributed by atoms with E-state index in [1.165, 1.54) is 11.8 Å². The predicted octanol–water partition coefficient (Wildman–Crippen LogP) is 4.00. The van der Waals surface area contributed by atoms with E-state index < -0.39 is 15.1 Å². The molecule has 0 radical (unpaired) electrons. The molecular formula is C18H20O4S2. The van der Waals surface area contributed by atoms with Gasteiger partial charge >= 0.3 is 0 Å². The fraction of sp³-hybridized carbons (Fsp3) is 0.389. The molecule has 0 saturated carbocycles. The van der Waals surface area contributed by atoms with E-state index in [2.05, 4.69) is 0 Å². The fourth-order valence-corrected chi connectivity index (χ4v) is 5.41. The van der Waals surface area contributed by atoms with Crippen LogP contribution in [-0.4, -0.2) is 30.6 Å². The van der Waals surface area contributed by atoms with Gasteiger partial charge in [-0.1, -0.05) is 42.5 Å². The third-order valence-electron chi connectivity index (χ3n) is 4.22. The monoisotopic (exact) mass is 364 g/mol. The number of hydrogen-bond donors (Lipinski definition) is 0. The Balaban J connectivity index is 1.91. The first-order valence-electron chi connectivity index (χ1n) is 8.03. The Bertz CT molecular complexity index is 847. The summed E-state index contributed by atoms with van der Waals surface area (Å²) >= 11 is 1.44. The van der Waals surface area contributed by atoms with E-state index >= 15 is 0 Å². The summed E-state index contributed by atoms with van der Waals surface area (Å²) in [6.45, 7) is 1.55. The SMILES string of the molecule is CCS(=O)(=O)OC1(CC(=O)c2cccc3ccccc23)CCCS1. The molecule has 0 amide bonds. The number of thioether (sulfide) groups is 1. The van der Waals surface area contributed by atoms with E-state index in [0.29, 0.717) is 12.0 Å². The van der Waals surface area contributed by atoms with E-state index in [9.17, 15) is 13.2 Å². The van der Waals surface area contributed by atoms with Gasteiger partial charge < -0.3 is 0 Å². The maximum Gasteiger partial charge on any atom is 0.268 e. The first kappa shape index (κ1) is 17.5. The lowest BCUT2D eigenvalue weighted by atomic mass is 9.97. The van der Waals surface area contributed by atoms with Gasteiger partial charge in [-0.25, -0.2) is 0 Å². The number of rotatable bonds is 6. The van der Waals surface area contributed by atoms with Crippen LogP contribution in [0.1, 0.15) is 36.5 Å². The second kappa shape index (κ2) is 6.86. The summed E-state index contributed by atoms with van der Waals surface area (Å²) in [5.74, 6) is 0.646. The largest absolute Gasteiger partial charge is 0.294 e. The normalized spacial score (nSPS) is 21.2. The van der Waals surface area contributed by atoms with Crippen molar-refractivity contribution in [3.63, 3.8) is 0 Å². The standard InChI is InChI=1S/C18H20O4S2/c1-2-24(20,21)22-18(11-6-12-23-18)13-17(19)16-10-5-8-14-7-3-4-9-15(14)16/h3-5,7-10H,2,6,11-13H2,1H3. The minimum Gasteiger partial charge on any atom is -0.294 e. The number of fused-ring (bicyclic) bond motifs is 1. The molecule has 1 atom stereocenters. The van der Waals surface area contributed by atoms with Crippen LogP contribution in [0.15, 0.2) is 42.5 Å². The van der Waals surface area contributed by atoms with Crippen molar-refractivity contribution in [1.29, 1.82) is 0 Å². The lowest BCUT2D eigenvalue weighted by Crippen LogP contribution is -2.32. The highest BCUT2D eigenvalue weighted by atomic mass is 32.2. The van der Waals surface area contributed by atoms with Gasteiger partial charge in [-0.2, -0.15) is 8.42 Å². The Morgan fingerprint density at radius 2 is 1.96 bits per heavy atom. The summed E-state index contributed by atoms with van der Waals surface area (Å²) in [5.41, 5.74) is 0.623. The number of carbonyl (C=O) groups is 1. The van der Waals surface area contributed by atoms with Crippen LogP contribution < -0.4 is 0 Å². The first-order chi connectivity index (χ1) is 11.4. The van der Waals surface area contributed by atoms with Crippen molar-refractivity contribution in [3.05, 3.63) is 48.0 Å². The molecule has 1 fully saturated rings. The summed E-state index contributed by atoms with van der Waals surface area (Å²) in [7, 11) is -3.60. The quantitative estimate of drug-likeness (QED) is 0.573. The number of benzene rings is 2. The molecule has 4 nitrogen and oxygen atoms in total. The highest BCUT2D eigenvalue weighted by Crippen LogP contribution is 2.44. The van der Waals surface area contributed by atoms with Gasteiger partial charge in [0.25, 0.3) is 10.1 Å². The van der Waals surface area contributed by atoms with Crippen molar-refractivity contribution in [2.24, 2.45) is 0 Å². The van der Waals surface area contributed by atoms with Gasteiger partial charge in [0.15, 0.2) is 5.78 Å². The fourth-order valence-electron chi connectivity index (χ4n) is 3.01. The molecule has 24 heavy (non-hydrogen) atoms. The van der Waals surface area contributed by atoms with Crippen LogP contribution in [-0.2, 0) is 14.3 Å². The van der Waals surface area contributed by atoms with Gasteiger partial charge in [0.2, 0.25) is 0 Å². The van der Waals surface area contributed by atoms with Crippen LogP contribution >= 0.6 is 11.8 Å². The predicted molar refractivity (Wildman–Crippen MR) is 97.9 cm³/mol. The zero-order valence-corrected chi connectivity index (χ0v) is 15.2. The maximum absolute atomic E-state index is 12.9. The molecule has 0 aliphatic carbocycles. The molecule has 1 heterocycles. The molecule has 0 aromatic heterocycles. The number of hydrogen-bond acceptors (Lipinski definition) is 5. The zero-order valence-electron chi connectivity index (χ0n) is 13.5. The Kier molecular flexibility index (Phi) is 4.99. The van der Waals surface area contributed by atoms with Crippen molar-refractivity contribution in [1.82, 2.24) is 0 Å². The van der Waals surface area contributed by atoms with Crippen LogP contribution in [0.2, 0.25) is 0 Å². The molecule has 1 aliphatic heterocycles. The Labute approximate surface area is 146 Å². The molecule has 1 aliphatic rings. The Hall–Kier alpha value is -1.37. The van der Waals surface area contributed by atoms with Gasteiger partial charge in [-0.15, -0.1) is 11.8 Å². The van der Waals surface area contributed by atoms with Crippen molar-refractivity contribution >= 4 is 38.4 Å². The topological polar surface area (TPSA) is 60.4 Å². The minimum atomic E-state index is -3.60. The highest BCUT2D eigenvalue weighted by Gasteiger charge is 2.42. The van der Waals surface area contributed by atoms with Gasteiger partial charge in [-0.3, -0.25) is 8.98 Å². The molecule has 0 bridgehead atoms. The van der Waals surface area contributed by atoms with Crippen LogP contribution in [0.25, 0.3) is 10.8 Å². The summed E-state index contributed by atoms with van der Waals surface area (Å²) in [6, 6.07) is 13.3. The van der Waals surface area contributed by atoms with Crippen molar-refractivity contribution in [2.75, 3.05) is 11.5 Å². The van der Waals surface area contributed by atoms with E-state index in [-0.39, 0.29) is 18.0 Å². The summed E-state index contributed by atoms with van der Waals surface area (Å²) in [5, 5.41) is 1.89. The summed E-state index contributed by atoms with van der Waals surface area (Å²) < 4.78 is 29.3. The van der Waals surface area contributed by atoms with Crippen LogP contribution in [0.5, 0.6) is 0 Å².